The molecule has 0 aliphatic rings. The molecule has 1 amide bonds. The topological polar surface area (TPSA) is 46.1 Å². The summed E-state index contributed by atoms with van der Waals surface area (Å²) < 4.78 is 0. The highest BCUT2D eigenvalue weighted by atomic mass is 35.5. The van der Waals surface area contributed by atoms with Crippen LogP contribution in [0.4, 0.5) is 0 Å². The Morgan fingerprint density at radius 2 is 1.90 bits per heavy atom. The summed E-state index contributed by atoms with van der Waals surface area (Å²) >= 11 is 13.3. The number of carbonyl (C=O) groups is 1. The van der Waals surface area contributed by atoms with Gasteiger partial charge in [-0.3, -0.25) is 4.79 Å². The third-order valence-electron chi connectivity index (χ3n) is 2.87. The van der Waals surface area contributed by atoms with Crippen molar-refractivity contribution in [2.45, 2.75) is 11.4 Å². The number of halogens is 2. The molecule has 0 radical (unpaired) electrons. The van der Waals surface area contributed by atoms with Crippen molar-refractivity contribution < 1.29 is 4.79 Å². The molecule has 2 rings (SSSR count). The summed E-state index contributed by atoms with van der Waals surface area (Å²) in [4.78, 5) is 15.1. The van der Waals surface area contributed by atoms with Gasteiger partial charge in [0.15, 0.2) is 10.3 Å². The quantitative estimate of drug-likeness (QED) is 0.794. The molecule has 1 aromatic heterocycles. The van der Waals surface area contributed by atoms with Crippen LogP contribution in [-0.4, -0.2) is 34.3 Å². The number of aromatic nitrogens is 2. The number of amides is 1. The number of nitrogens with zero attached hydrogens (tertiary/aromatic N) is 3. The van der Waals surface area contributed by atoms with Gasteiger partial charge in [-0.15, -0.1) is 22.0 Å². The van der Waals surface area contributed by atoms with Crippen molar-refractivity contribution >= 4 is 40.9 Å². The van der Waals surface area contributed by atoms with Crippen molar-refractivity contribution in [3.8, 4) is 0 Å². The fourth-order valence-corrected chi connectivity index (χ4v) is 2.51. The van der Waals surface area contributed by atoms with E-state index in [2.05, 4.69) is 10.2 Å². The Morgan fingerprint density at radius 3 is 2.52 bits per heavy atom. The van der Waals surface area contributed by atoms with E-state index in [0.717, 1.165) is 5.56 Å². The van der Waals surface area contributed by atoms with Crippen LogP contribution in [0.25, 0.3) is 0 Å². The van der Waals surface area contributed by atoms with Crippen LogP contribution in [0.15, 0.2) is 35.2 Å². The molecule has 4 nitrogen and oxygen atoms in total. The lowest BCUT2D eigenvalue weighted by molar-refractivity contribution is 0.0784. The summed E-state index contributed by atoms with van der Waals surface area (Å²) in [5.74, 6) is -0.245. The minimum absolute atomic E-state index is 0.0500. The molecule has 0 saturated carbocycles. The van der Waals surface area contributed by atoms with Crippen LogP contribution < -0.4 is 0 Å². The fraction of sp³-hybridized carbons (Fsp3) is 0.214. The minimum Gasteiger partial charge on any atom is -0.337 e. The fourth-order valence-electron chi connectivity index (χ4n) is 1.79. The van der Waals surface area contributed by atoms with Gasteiger partial charge in [0.1, 0.15) is 0 Å². The first-order chi connectivity index (χ1) is 10.0. The van der Waals surface area contributed by atoms with Gasteiger partial charge < -0.3 is 4.90 Å². The van der Waals surface area contributed by atoms with Crippen molar-refractivity contribution in [2.24, 2.45) is 0 Å². The average Bonchev–Trinajstić information content (AvgIpc) is 2.49. The van der Waals surface area contributed by atoms with Crippen LogP contribution in [0.1, 0.15) is 15.9 Å². The zero-order valence-electron chi connectivity index (χ0n) is 11.5. The number of hydrogen-bond acceptors (Lipinski definition) is 4. The summed E-state index contributed by atoms with van der Waals surface area (Å²) in [7, 11) is 1.70. The van der Waals surface area contributed by atoms with E-state index in [9.17, 15) is 4.79 Å². The molecule has 0 N–H and O–H groups in total. The molecule has 110 valence electrons. The second-order valence-electron chi connectivity index (χ2n) is 4.38. The number of hydrogen-bond donors (Lipinski definition) is 0. The van der Waals surface area contributed by atoms with Crippen LogP contribution in [-0.2, 0) is 6.54 Å². The maximum atomic E-state index is 12.4. The Labute approximate surface area is 137 Å². The van der Waals surface area contributed by atoms with Crippen molar-refractivity contribution in [1.29, 1.82) is 0 Å². The smallest absolute Gasteiger partial charge is 0.257 e. The van der Waals surface area contributed by atoms with Gasteiger partial charge in [0.05, 0.1) is 5.56 Å². The van der Waals surface area contributed by atoms with Gasteiger partial charge in [-0.2, -0.15) is 0 Å². The number of thioether (sulfide) groups is 1. The van der Waals surface area contributed by atoms with E-state index < -0.39 is 0 Å². The molecule has 0 unspecified atom stereocenters. The largest absolute Gasteiger partial charge is 0.337 e. The molecule has 7 heteroatoms. The SMILES string of the molecule is CSc1ccc(CN(C)C(=O)c2cc(Cl)nnc2Cl)cc1. The van der Waals surface area contributed by atoms with Crippen LogP contribution >= 0.6 is 35.0 Å². The first kappa shape index (κ1) is 16.1. The minimum atomic E-state index is -0.245. The van der Waals surface area contributed by atoms with Crippen LogP contribution in [0.5, 0.6) is 0 Å². The Hall–Kier alpha value is -1.30. The standard InChI is InChI=1S/C14H13Cl2N3OS/c1-19(8-9-3-5-10(21-2)6-4-9)14(20)11-7-12(15)17-18-13(11)16/h3-7H,8H2,1-2H3. The Bertz CT molecular complexity index is 649. The predicted octanol–water partition coefficient (Wildman–Crippen LogP) is 3.78. The summed E-state index contributed by atoms with van der Waals surface area (Å²) in [6, 6.07) is 9.46. The molecule has 1 heterocycles. The second-order valence-corrected chi connectivity index (χ2v) is 6.01. The van der Waals surface area contributed by atoms with E-state index in [0.29, 0.717) is 6.54 Å². The monoisotopic (exact) mass is 341 g/mol. The van der Waals surface area contributed by atoms with Gasteiger partial charge in [-0.05, 0) is 30.0 Å². The van der Waals surface area contributed by atoms with E-state index in [1.165, 1.54) is 11.0 Å². The number of benzene rings is 1. The molecule has 2 aromatic rings. The molecule has 0 fully saturated rings. The van der Waals surface area contributed by atoms with Crippen molar-refractivity contribution in [1.82, 2.24) is 15.1 Å². The zero-order chi connectivity index (χ0) is 15.4. The van der Waals surface area contributed by atoms with Gasteiger partial charge in [0.2, 0.25) is 0 Å². The van der Waals surface area contributed by atoms with Crippen LogP contribution in [0.2, 0.25) is 10.3 Å². The van der Waals surface area contributed by atoms with Gasteiger partial charge in [0, 0.05) is 18.5 Å². The molecule has 0 spiro atoms. The molecule has 1 aromatic carbocycles. The van der Waals surface area contributed by atoms with Crippen molar-refractivity contribution in [2.75, 3.05) is 13.3 Å². The Morgan fingerprint density at radius 1 is 1.24 bits per heavy atom. The third kappa shape index (κ3) is 4.09. The van der Waals surface area contributed by atoms with E-state index in [1.54, 1.807) is 23.7 Å². The van der Waals surface area contributed by atoms with E-state index >= 15 is 0 Å². The average molecular weight is 342 g/mol. The maximum absolute atomic E-state index is 12.4. The lowest BCUT2D eigenvalue weighted by Gasteiger charge is -2.17. The Kier molecular flexibility index (Phi) is 5.45. The van der Waals surface area contributed by atoms with Crippen molar-refractivity contribution in [3.05, 3.63) is 51.8 Å². The lowest BCUT2D eigenvalue weighted by atomic mass is 10.2. The predicted molar refractivity (Wildman–Crippen MR) is 86.1 cm³/mol. The van der Waals surface area contributed by atoms with E-state index in [-0.39, 0.29) is 21.8 Å². The molecular weight excluding hydrogens is 329 g/mol. The highest BCUT2D eigenvalue weighted by molar-refractivity contribution is 7.98. The number of carbonyl (C=O) groups excluding carboxylic acids is 1. The van der Waals surface area contributed by atoms with Crippen molar-refractivity contribution in [3.63, 3.8) is 0 Å². The highest BCUT2D eigenvalue weighted by Gasteiger charge is 2.17. The van der Waals surface area contributed by atoms with Gasteiger partial charge in [-0.1, -0.05) is 35.3 Å². The van der Waals surface area contributed by atoms with Gasteiger partial charge >= 0.3 is 0 Å². The molecule has 0 aliphatic carbocycles. The van der Waals surface area contributed by atoms with Crippen LogP contribution in [0.3, 0.4) is 0 Å². The normalized spacial score (nSPS) is 10.5. The first-order valence-electron chi connectivity index (χ1n) is 6.08. The zero-order valence-corrected chi connectivity index (χ0v) is 13.8. The first-order valence-corrected chi connectivity index (χ1v) is 8.06. The molecular formula is C14H13Cl2N3OS. The third-order valence-corrected chi connectivity index (χ3v) is 4.08. The van der Waals surface area contributed by atoms with E-state index in [4.69, 9.17) is 23.2 Å². The molecule has 0 aliphatic heterocycles. The van der Waals surface area contributed by atoms with Gasteiger partial charge in [-0.25, -0.2) is 0 Å². The molecule has 21 heavy (non-hydrogen) atoms. The summed E-state index contributed by atoms with van der Waals surface area (Å²) in [5, 5.41) is 7.43. The van der Waals surface area contributed by atoms with E-state index in [1.807, 2.05) is 30.5 Å². The second kappa shape index (κ2) is 7.11. The maximum Gasteiger partial charge on any atom is 0.257 e. The highest BCUT2D eigenvalue weighted by Crippen LogP contribution is 2.19. The molecule has 0 bridgehead atoms. The lowest BCUT2D eigenvalue weighted by Crippen LogP contribution is -2.26. The van der Waals surface area contributed by atoms with Crippen LogP contribution in [0, 0.1) is 0 Å². The molecule has 0 atom stereocenters. The summed E-state index contributed by atoms with van der Waals surface area (Å²) in [6.45, 7) is 0.476. The number of rotatable bonds is 4. The van der Waals surface area contributed by atoms with Gasteiger partial charge in [0.25, 0.3) is 5.91 Å². The molecule has 0 saturated heterocycles. The summed E-state index contributed by atoms with van der Waals surface area (Å²) in [6.07, 6.45) is 2.02. The Balaban J connectivity index is 2.13. The summed E-state index contributed by atoms with van der Waals surface area (Å²) in [5.41, 5.74) is 1.28.